The Hall–Kier alpha value is -3.21. The molecule has 0 amide bonds. The maximum atomic E-state index is 6.10. The molecule has 0 aromatic heterocycles. The molecular formula is C21H18B2O5. The fourth-order valence-electron chi connectivity index (χ4n) is 3.59. The molecule has 2 aliphatic heterocycles. The highest BCUT2D eigenvalue weighted by Crippen LogP contribution is 2.41. The Morgan fingerprint density at radius 1 is 0.714 bits per heavy atom. The first-order valence-corrected chi connectivity index (χ1v) is 9.29. The van der Waals surface area contributed by atoms with Crippen molar-refractivity contribution in [2.24, 2.45) is 0 Å². The first-order chi connectivity index (χ1) is 13.8. The van der Waals surface area contributed by atoms with Gasteiger partial charge in [-0.05, 0) is 42.0 Å². The zero-order chi connectivity index (χ0) is 18.9. The maximum absolute atomic E-state index is 6.10. The summed E-state index contributed by atoms with van der Waals surface area (Å²) in [4.78, 5) is 0. The van der Waals surface area contributed by atoms with Crippen LogP contribution in [0.3, 0.4) is 0 Å². The zero-order valence-electron chi connectivity index (χ0n) is 15.4. The predicted octanol–water partition coefficient (Wildman–Crippen LogP) is 4.24. The van der Waals surface area contributed by atoms with E-state index in [2.05, 4.69) is 0 Å². The largest absolute Gasteiger partial charge is 0.602 e. The SMILES string of the molecule is COc1ccc(C(CB2Oc3ccccc3O2)B2Oc3ccccc3O2)cc1. The van der Waals surface area contributed by atoms with Gasteiger partial charge in [0.25, 0.3) is 0 Å². The number of hydrogen-bond acceptors (Lipinski definition) is 5. The molecule has 1 atom stereocenters. The molecule has 0 radical (unpaired) electrons. The normalized spacial score (nSPS) is 14.9. The molecular weight excluding hydrogens is 354 g/mol. The van der Waals surface area contributed by atoms with E-state index in [4.69, 9.17) is 23.4 Å². The van der Waals surface area contributed by atoms with Crippen LogP contribution in [0.2, 0.25) is 6.32 Å². The number of ether oxygens (including phenoxy) is 1. The van der Waals surface area contributed by atoms with Crippen molar-refractivity contribution in [3.05, 3.63) is 78.4 Å². The number of fused-ring (bicyclic) bond motifs is 2. The summed E-state index contributed by atoms with van der Waals surface area (Å²) in [6.45, 7) is 0. The molecule has 0 fully saturated rings. The molecule has 2 heterocycles. The lowest BCUT2D eigenvalue weighted by molar-refractivity contribution is 0.414. The highest BCUT2D eigenvalue weighted by atomic mass is 16.6. The molecule has 5 nitrogen and oxygen atoms in total. The van der Waals surface area contributed by atoms with Gasteiger partial charge in [-0.3, -0.25) is 0 Å². The summed E-state index contributed by atoms with van der Waals surface area (Å²) >= 11 is 0. The second kappa shape index (κ2) is 7.08. The Balaban J connectivity index is 1.40. The minimum Gasteiger partial charge on any atom is -0.523 e. The average Bonchev–Trinajstić information content (AvgIpc) is 3.35. The van der Waals surface area contributed by atoms with Gasteiger partial charge in [-0.25, -0.2) is 0 Å². The summed E-state index contributed by atoms with van der Waals surface area (Å²) in [5.41, 5.74) is 1.07. The van der Waals surface area contributed by atoms with Gasteiger partial charge in [0.1, 0.15) is 28.7 Å². The molecule has 0 bridgehead atoms. The molecule has 138 valence electrons. The molecule has 28 heavy (non-hydrogen) atoms. The first-order valence-electron chi connectivity index (χ1n) is 9.29. The smallest absolute Gasteiger partial charge is 0.523 e. The Bertz CT molecular complexity index is 929. The fourth-order valence-corrected chi connectivity index (χ4v) is 3.59. The number of rotatable bonds is 5. The number of benzene rings is 3. The van der Waals surface area contributed by atoms with Gasteiger partial charge in [0.15, 0.2) is 0 Å². The van der Waals surface area contributed by atoms with Crippen LogP contribution in [0.4, 0.5) is 0 Å². The summed E-state index contributed by atoms with van der Waals surface area (Å²) in [7, 11) is 0.797. The topological polar surface area (TPSA) is 46.2 Å². The number of methoxy groups -OCH3 is 1. The van der Waals surface area contributed by atoms with E-state index in [0.29, 0.717) is 6.32 Å². The summed E-state index contributed by atoms with van der Waals surface area (Å²) in [5.74, 6) is 3.75. The number of para-hydroxylation sites is 4. The average molecular weight is 372 g/mol. The number of hydrogen-bond donors (Lipinski definition) is 0. The Labute approximate surface area is 164 Å². The van der Waals surface area contributed by atoms with Crippen LogP contribution in [-0.2, 0) is 0 Å². The molecule has 2 aliphatic rings. The second-order valence-corrected chi connectivity index (χ2v) is 6.78. The van der Waals surface area contributed by atoms with Crippen LogP contribution in [0, 0.1) is 0 Å². The summed E-state index contributed by atoms with van der Waals surface area (Å²) < 4.78 is 29.5. The third-order valence-corrected chi connectivity index (χ3v) is 5.02. The predicted molar refractivity (Wildman–Crippen MR) is 107 cm³/mol. The monoisotopic (exact) mass is 372 g/mol. The highest BCUT2D eigenvalue weighted by Gasteiger charge is 2.46. The lowest BCUT2D eigenvalue weighted by Gasteiger charge is -2.19. The maximum Gasteiger partial charge on any atom is 0.602 e. The molecule has 0 spiro atoms. The Kier molecular flexibility index (Phi) is 4.28. The summed E-state index contributed by atoms with van der Waals surface area (Å²) in [5, 5.41) is 0. The van der Waals surface area contributed by atoms with Crippen molar-refractivity contribution in [1.29, 1.82) is 0 Å². The standard InChI is InChI=1S/C21H18B2O5/c1-24-16-12-10-15(11-13-16)17(23-27-20-8-4-5-9-21(20)28-23)14-22-25-18-6-2-3-7-19(18)26-22/h2-13,17H,14H2,1H3. The van der Waals surface area contributed by atoms with Crippen molar-refractivity contribution >= 4 is 14.2 Å². The van der Waals surface area contributed by atoms with E-state index in [0.717, 1.165) is 34.3 Å². The van der Waals surface area contributed by atoms with E-state index in [1.807, 2.05) is 72.8 Å². The zero-order valence-corrected chi connectivity index (χ0v) is 15.4. The van der Waals surface area contributed by atoms with Crippen LogP contribution in [0.15, 0.2) is 72.8 Å². The molecule has 1 unspecified atom stereocenters. The molecule has 0 N–H and O–H groups in total. The third kappa shape index (κ3) is 3.13. The van der Waals surface area contributed by atoms with Gasteiger partial charge in [0, 0.05) is 12.1 Å². The Morgan fingerprint density at radius 3 is 1.71 bits per heavy atom. The van der Waals surface area contributed by atoms with Crippen molar-refractivity contribution in [2.75, 3.05) is 7.11 Å². The Morgan fingerprint density at radius 2 is 1.21 bits per heavy atom. The minimum atomic E-state index is -0.457. The minimum absolute atomic E-state index is 0.0855. The molecule has 7 heteroatoms. The van der Waals surface area contributed by atoms with Crippen molar-refractivity contribution in [1.82, 2.24) is 0 Å². The van der Waals surface area contributed by atoms with Crippen LogP contribution in [0.1, 0.15) is 11.4 Å². The van der Waals surface area contributed by atoms with Gasteiger partial charge in [0.2, 0.25) is 0 Å². The van der Waals surface area contributed by atoms with Crippen molar-refractivity contribution < 1.29 is 23.4 Å². The van der Waals surface area contributed by atoms with Crippen LogP contribution >= 0.6 is 0 Å². The quantitative estimate of drug-likeness (QED) is 0.628. The molecule has 3 aromatic rings. The third-order valence-electron chi connectivity index (χ3n) is 5.02. The van der Waals surface area contributed by atoms with Crippen molar-refractivity contribution in [3.63, 3.8) is 0 Å². The van der Waals surface area contributed by atoms with Gasteiger partial charge in [-0.1, -0.05) is 36.4 Å². The van der Waals surface area contributed by atoms with E-state index >= 15 is 0 Å². The van der Waals surface area contributed by atoms with Crippen molar-refractivity contribution in [3.8, 4) is 28.7 Å². The molecule has 5 rings (SSSR count). The van der Waals surface area contributed by atoms with E-state index in [-0.39, 0.29) is 5.82 Å². The molecule has 0 aliphatic carbocycles. The van der Waals surface area contributed by atoms with Crippen LogP contribution < -0.4 is 23.4 Å². The van der Waals surface area contributed by atoms with Gasteiger partial charge < -0.3 is 23.4 Å². The van der Waals surface area contributed by atoms with Crippen LogP contribution in [0.25, 0.3) is 0 Å². The molecule has 0 saturated carbocycles. The van der Waals surface area contributed by atoms with E-state index < -0.39 is 14.2 Å². The fraction of sp³-hybridized carbons (Fsp3) is 0.143. The lowest BCUT2D eigenvalue weighted by atomic mass is 9.58. The highest BCUT2D eigenvalue weighted by molar-refractivity contribution is 6.55. The van der Waals surface area contributed by atoms with Crippen LogP contribution in [-0.4, -0.2) is 21.3 Å². The summed E-state index contributed by atoms with van der Waals surface area (Å²) in [6.07, 6.45) is 0.583. The molecule has 0 saturated heterocycles. The van der Waals surface area contributed by atoms with E-state index in [1.54, 1.807) is 7.11 Å². The molecule has 3 aromatic carbocycles. The summed E-state index contributed by atoms with van der Waals surface area (Å²) in [6, 6.07) is 23.3. The van der Waals surface area contributed by atoms with Gasteiger partial charge >= 0.3 is 14.2 Å². The first kappa shape index (κ1) is 16.9. The lowest BCUT2D eigenvalue weighted by Crippen LogP contribution is -2.38. The van der Waals surface area contributed by atoms with Gasteiger partial charge in [-0.2, -0.15) is 0 Å². The second-order valence-electron chi connectivity index (χ2n) is 6.78. The van der Waals surface area contributed by atoms with Gasteiger partial charge in [0.05, 0.1) is 7.11 Å². The van der Waals surface area contributed by atoms with E-state index in [1.165, 1.54) is 0 Å². The van der Waals surface area contributed by atoms with Crippen molar-refractivity contribution in [2.45, 2.75) is 12.1 Å². The van der Waals surface area contributed by atoms with Crippen LogP contribution in [0.5, 0.6) is 28.7 Å². The van der Waals surface area contributed by atoms with E-state index in [9.17, 15) is 0 Å². The van der Waals surface area contributed by atoms with Gasteiger partial charge in [-0.15, -0.1) is 0 Å².